The van der Waals surface area contributed by atoms with E-state index in [1.165, 1.54) is 18.3 Å². The van der Waals surface area contributed by atoms with Crippen molar-refractivity contribution in [2.24, 2.45) is 5.92 Å². The number of sulfonamides is 1. The Kier molecular flexibility index (Phi) is 4.79. The van der Waals surface area contributed by atoms with E-state index in [4.69, 9.17) is 5.11 Å². The van der Waals surface area contributed by atoms with Crippen LogP contribution in [0.3, 0.4) is 0 Å². The zero-order valence-corrected chi connectivity index (χ0v) is 12.8. The van der Waals surface area contributed by atoms with Crippen LogP contribution in [0, 0.1) is 5.92 Å². The molecule has 1 amide bonds. The van der Waals surface area contributed by atoms with E-state index in [1.54, 1.807) is 11.0 Å². The Morgan fingerprint density at radius 3 is 2.85 bits per heavy atom. The van der Waals surface area contributed by atoms with E-state index in [9.17, 15) is 13.2 Å². The van der Waals surface area contributed by atoms with E-state index < -0.39 is 16.1 Å². The molecule has 1 aliphatic rings. The zero-order valence-electron chi connectivity index (χ0n) is 11.2. The molecule has 8 heteroatoms. The fraction of sp³-hybridized carbons (Fsp3) is 0.583. The minimum atomic E-state index is -3.39. The fourth-order valence-corrected chi connectivity index (χ4v) is 4.15. The number of carbonyl (C=O) groups is 1. The Morgan fingerprint density at radius 1 is 1.60 bits per heavy atom. The van der Waals surface area contributed by atoms with Gasteiger partial charge in [0.2, 0.25) is 10.0 Å². The van der Waals surface area contributed by atoms with Crippen molar-refractivity contribution in [1.82, 2.24) is 9.62 Å². The van der Waals surface area contributed by atoms with Gasteiger partial charge in [-0.3, -0.25) is 4.79 Å². The monoisotopic (exact) mass is 318 g/mol. The molecular formula is C12H18N2O4S2. The molecular weight excluding hydrogens is 300 g/mol. The Balaban J connectivity index is 1.78. The third-order valence-electron chi connectivity index (χ3n) is 3.03. The van der Waals surface area contributed by atoms with E-state index >= 15 is 0 Å². The second kappa shape index (κ2) is 6.21. The van der Waals surface area contributed by atoms with Gasteiger partial charge in [-0.05, 0) is 18.4 Å². The minimum Gasteiger partial charge on any atom is -0.392 e. The number of hydrogen-bond acceptors (Lipinski definition) is 5. The summed E-state index contributed by atoms with van der Waals surface area (Å²) in [5.41, 5.74) is 0. The first-order valence-electron chi connectivity index (χ1n) is 6.35. The summed E-state index contributed by atoms with van der Waals surface area (Å²) >= 11 is 1.38. The molecule has 0 spiro atoms. The molecule has 0 aromatic carbocycles. The van der Waals surface area contributed by atoms with Crippen molar-refractivity contribution in [1.29, 1.82) is 0 Å². The average Bonchev–Trinajstić information content (AvgIpc) is 2.84. The molecule has 2 heterocycles. The lowest BCUT2D eigenvalue weighted by atomic mass is 10.0. The molecule has 1 fully saturated rings. The summed E-state index contributed by atoms with van der Waals surface area (Å²) in [4.78, 5) is 14.3. The van der Waals surface area contributed by atoms with Gasteiger partial charge in [0.15, 0.2) is 0 Å². The highest BCUT2D eigenvalue weighted by Crippen LogP contribution is 2.21. The largest absolute Gasteiger partial charge is 0.392 e. The number of thiophene rings is 1. The van der Waals surface area contributed by atoms with Crippen LogP contribution in [0.4, 0.5) is 0 Å². The highest BCUT2D eigenvalue weighted by atomic mass is 32.2. The smallest absolute Gasteiger partial charge is 0.263 e. The highest BCUT2D eigenvalue weighted by molar-refractivity contribution is 7.89. The standard InChI is InChI=1S/C12H18N2O4S2/c1-9(15)5-13-20(17,18)8-10-6-14(7-10)12(16)11-3-2-4-19-11/h2-4,9-10,13,15H,5-8H2,1H3. The SMILES string of the molecule is CC(O)CNS(=O)(=O)CC1CN(C(=O)c2cccs2)C1. The first-order valence-corrected chi connectivity index (χ1v) is 8.89. The van der Waals surface area contributed by atoms with Gasteiger partial charge in [0.25, 0.3) is 5.91 Å². The lowest BCUT2D eigenvalue weighted by Gasteiger charge is -2.38. The number of nitrogens with one attached hydrogen (secondary N) is 1. The highest BCUT2D eigenvalue weighted by Gasteiger charge is 2.34. The molecule has 112 valence electrons. The molecule has 1 aliphatic heterocycles. The summed E-state index contributed by atoms with van der Waals surface area (Å²) in [6.45, 7) is 2.47. The Hall–Kier alpha value is -0.960. The normalized spacial score (nSPS) is 17.8. The third kappa shape index (κ3) is 4.02. The van der Waals surface area contributed by atoms with Crippen molar-refractivity contribution in [2.75, 3.05) is 25.4 Å². The van der Waals surface area contributed by atoms with Crippen LogP contribution >= 0.6 is 11.3 Å². The van der Waals surface area contributed by atoms with Gasteiger partial charge in [-0.1, -0.05) is 6.07 Å². The molecule has 0 aliphatic carbocycles. The molecule has 2 rings (SSSR count). The van der Waals surface area contributed by atoms with Crippen LogP contribution < -0.4 is 4.72 Å². The number of hydrogen-bond donors (Lipinski definition) is 2. The maximum atomic E-state index is 12.0. The molecule has 1 atom stereocenters. The van der Waals surface area contributed by atoms with E-state index in [0.29, 0.717) is 18.0 Å². The maximum absolute atomic E-state index is 12.0. The zero-order chi connectivity index (χ0) is 14.8. The van der Waals surface area contributed by atoms with Crippen LogP contribution in [0.25, 0.3) is 0 Å². The van der Waals surface area contributed by atoms with Gasteiger partial charge in [0, 0.05) is 25.6 Å². The molecule has 0 bridgehead atoms. The number of nitrogens with zero attached hydrogens (tertiary/aromatic N) is 1. The minimum absolute atomic E-state index is 0.00601. The summed E-state index contributed by atoms with van der Waals surface area (Å²) in [5.74, 6) is -0.0792. The predicted molar refractivity (Wildman–Crippen MR) is 77.2 cm³/mol. The van der Waals surface area contributed by atoms with E-state index in [0.717, 1.165) is 0 Å². The number of amides is 1. The van der Waals surface area contributed by atoms with Crippen molar-refractivity contribution in [3.05, 3.63) is 22.4 Å². The van der Waals surface area contributed by atoms with Crippen molar-refractivity contribution in [2.45, 2.75) is 13.0 Å². The topological polar surface area (TPSA) is 86.7 Å². The molecule has 0 radical (unpaired) electrons. The summed E-state index contributed by atoms with van der Waals surface area (Å²) in [6.07, 6.45) is -0.705. The Morgan fingerprint density at radius 2 is 2.30 bits per heavy atom. The van der Waals surface area contributed by atoms with Gasteiger partial charge in [-0.2, -0.15) is 0 Å². The molecule has 6 nitrogen and oxygen atoms in total. The van der Waals surface area contributed by atoms with Gasteiger partial charge in [0.05, 0.1) is 16.7 Å². The lowest BCUT2D eigenvalue weighted by molar-refractivity contribution is 0.0539. The number of aliphatic hydroxyl groups excluding tert-OH is 1. The molecule has 2 N–H and O–H groups in total. The van der Waals surface area contributed by atoms with E-state index in [2.05, 4.69) is 4.72 Å². The number of likely N-dealkylation sites (tertiary alicyclic amines) is 1. The number of rotatable bonds is 6. The molecule has 1 saturated heterocycles. The summed E-state index contributed by atoms with van der Waals surface area (Å²) < 4.78 is 25.8. The Labute approximate surface area is 122 Å². The first-order chi connectivity index (χ1) is 9.37. The van der Waals surface area contributed by atoms with Crippen LogP contribution in [0.1, 0.15) is 16.6 Å². The van der Waals surface area contributed by atoms with Crippen LogP contribution in [0.2, 0.25) is 0 Å². The lowest BCUT2D eigenvalue weighted by Crippen LogP contribution is -2.53. The van der Waals surface area contributed by atoms with Crippen LogP contribution in [-0.4, -0.2) is 55.8 Å². The average molecular weight is 318 g/mol. The van der Waals surface area contributed by atoms with Crippen molar-refractivity contribution >= 4 is 27.3 Å². The van der Waals surface area contributed by atoms with Gasteiger partial charge in [-0.25, -0.2) is 13.1 Å². The Bertz CT molecular complexity index is 548. The third-order valence-corrected chi connectivity index (χ3v) is 5.40. The molecule has 1 unspecified atom stereocenters. The number of carbonyl (C=O) groups excluding carboxylic acids is 1. The first kappa shape index (κ1) is 15.4. The van der Waals surface area contributed by atoms with Gasteiger partial charge < -0.3 is 10.0 Å². The molecule has 20 heavy (non-hydrogen) atoms. The van der Waals surface area contributed by atoms with Crippen LogP contribution in [-0.2, 0) is 10.0 Å². The maximum Gasteiger partial charge on any atom is 0.263 e. The summed E-state index contributed by atoms with van der Waals surface area (Å²) in [5, 5.41) is 10.9. The van der Waals surface area contributed by atoms with E-state index in [1.807, 2.05) is 11.4 Å². The molecule has 1 aromatic heterocycles. The fourth-order valence-electron chi connectivity index (χ4n) is 2.01. The molecule has 1 aromatic rings. The van der Waals surface area contributed by atoms with E-state index in [-0.39, 0.29) is 24.1 Å². The predicted octanol–water partition coefficient (Wildman–Crippen LogP) is 0.120. The number of aliphatic hydroxyl groups is 1. The van der Waals surface area contributed by atoms with Crippen molar-refractivity contribution in [3.8, 4) is 0 Å². The van der Waals surface area contributed by atoms with Crippen molar-refractivity contribution in [3.63, 3.8) is 0 Å². The van der Waals surface area contributed by atoms with Crippen LogP contribution in [0.15, 0.2) is 17.5 Å². The summed E-state index contributed by atoms with van der Waals surface area (Å²) in [7, 11) is -3.39. The van der Waals surface area contributed by atoms with Crippen molar-refractivity contribution < 1.29 is 18.3 Å². The molecule has 0 saturated carbocycles. The second-order valence-electron chi connectivity index (χ2n) is 5.03. The van der Waals surface area contributed by atoms with Crippen LogP contribution in [0.5, 0.6) is 0 Å². The van der Waals surface area contributed by atoms with Gasteiger partial charge in [0.1, 0.15) is 0 Å². The summed E-state index contributed by atoms with van der Waals surface area (Å²) in [6, 6.07) is 3.58. The second-order valence-corrected chi connectivity index (χ2v) is 7.83. The van der Waals surface area contributed by atoms with Gasteiger partial charge in [-0.15, -0.1) is 11.3 Å². The van der Waals surface area contributed by atoms with Gasteiger partial charge >= 0.3 is 0 Å². The quantitative estimate of drug-likeness (QED) is 0.780.